The SMILES string of the molecule is NN1COC2CC3NCCC=C3C=C21. The molecule has 2 heterocycles. The third-order valence-electron chi connectivity index (χ3n) is 3.16. The predicted molar refractivity (Wildman–Crippen MR) is 53.0 cm³/mol. The van der Waals surface area contributed by atoms with Gasteiger partial charge in [0.25, 0.3) is 0 Å². The number of ether oxygens (including phenoxy) is 1. The summed E-state index contributed by atoms with van der Waals surface area (Å²) in [4.78, 5) is 0. The van der Waals surface area contributed by atoms with Gasteiger partial charge in [0.1, 0.15) is 12.8 Å². The highest BCUT2D eigenvalue weighted by molar-refractivity contribution is 5.36. The van der Waals surface area contributed by atoms with E-state index in [-0.39, 0.29) is 6.10 Å². The Kier molecular flexibility index (Phi) is 1.87. The monoisotopic (exact) mass is 193 g/mol. The van der Waals surface area contributed by atoms with E-state index >= 15 is 0 Å². The van der Waals surface area contributed by atoms with E-state index in [1.165, 1.54) is 5.57 Å². The molecule has 0 amide bonds. The number of hydrazine groups is 1. The molecule has 3 aliphatic rings. The van der Waals surface area contributed by atoms with Gasteiger partial charge >= 0.3 is 0 Å². The van der Waals surface area contributed by atoms with Gasteiger partial charge in [0.2, 0.25) is 0 Å². The van der Waals surface area contributed by atoms with Crippen molar-refractivity contribution < 1.29 is 4.74 Å². The third-order valence-corrected chi connectivity index (χ3v) is 3.16. The van der Waals surface area contributed by atoms with E-state index in [1.54, 1.807) is 5.01 Å². The first-order valence-corrected chi connectivity index (χ1v) is 5.13. The van der Waals surface area contributed by atoms with Crippen molar-refractivity contribution in [3.63, 3.8) is 0 Å². The molecule has 3 rings (SSSR count). The molecule has 4 heteroatoms. The standard InChI is InChI=1S/C10H15N3O/c11-13-6-14-10-5-8-7(4-9(10)13)2-1-3-12-8/h2,4,8,10,12H,1,3,5-6,11H2. The first kappa shape index (κ1) is 8.47. The van der Waals surface area contributed by atoms with Gasteiger partial charge in [0, 0.05) is 6.04 Å². The fraction of sp³-hybridized carbons (Fsp3) is 0.600. The van der Waals surface area contributed by atoms with Gasteiger partial charge in [0.15, 0.2) is 0 Å². The molecule has 2 unspecified atom stereocenters. The molecule has 3 N–H and O–H groups in total. The smallest absolute Gasteiger partial charge is 0.133 e. The first-order valence-electron chi connectivity index (χ1n) is 5.13. The van der Waals surface area contributed by atoms with Crippen LogP contribution in [-0.4, -0.2) is 30.4 Å². The van der Waals surface area contributed by atoms with Gasteiger partial charge in [-0.25, -0.2) is 5.84 Å². The second-order valence-electron chi connectivity index (χ2n) is 4.06. The molecule has 0 saturated carbocycles. The van der Waals surface area contributed by atoms with Gasteiger partial charge in [0.05, 0.1) is 5.70 Å². The molecule has 0 aromatic heterocycles. The van der Waals surface area contributed by atoms with Crippen LogP contribution in [0.1, 0.15) is 12.8 Å². The topological polar surface area (TPSA) is 50.5 Å². The van der Waals surface area contributed by atoms with Crippen molar-refractivity contribution in [3.05, 3.63) is 23.4 Å². The fourth-order valence-electron chi connectivity index (χ4n) is 2.40. The van der Waals surface area contributed by atoms with Gasteiger partial charge < -0.3 is 10.1 Å². The second kappa shape index (κ2) is 3.08. The number of rotatable bonds is 0. The highest BCUT2D eigenvalue weighted by Gasteiger charge is 2.34. The Morgan fingerprint density at radius 1 is 1.57 bits per heavy atom. The van der Waals surface area contributed by atoms with Crippen LogP contribution in [0.25, 0.3) is 0 Å². The normalized spacial score (nSPS) is 35.9. The van der Waals surface area contributed by atoms with E-state index in [9.17, 15) is 0 Å². The van der Waals surface area contributed by atoms with Gasteiger partial charge in [-0.05, 0) is 31.0 Å². The Labute approximate surface area is 83.4 Å². The molecule has 0 aromatic rings. The Hall–Kier alpha value is -0.840. The largest absolute Gasteiger partial charge is 0.350 e. The average Bonchev–Trinajstić information content (AvgIpc) is 2.57. The highest BCUT2D eigenvalue weighted by atomic mass is 16.5. The zero-order valence-corrected chi connectivity index (χ0v) is 8.07. The second-order valence-corrected chi connectivity index (χ2v) is 4.06. The maximum absolute atomic E-state index is 5.80. The van der Waals surface area contributed by atoms with Crippen LogP contribution in [0.3, 0.4) is 0 Å². The summed E-state index contributed by atoms with van der Waals surface area (Å²) in [5.41, 5.74) is 2.51. The predicted octanol–water partition coefficient (Wildman–Crippen LogP) is 0.0943. The van der Waals surface area contributed by atoms with Crippen LogP contribution in [0, 0.1) is 0 Å². The van der Waals surface area contributed by atoms with Crippen LogP contribution in [0.5, 0.6) is 0 Å². The molecule has 2 aliphatic heterocycles. The minimum atomic E-state index is 0.202. The van der Waals surface area contributed by atoms with Crippen molar-refractivity contribution in [2.45, 2.75) is 25.0 Å². The molecule has 4 nitrogen and oxygen atoms in total. The summed E-state index contributed by atoms with van der Waals surface area (Å²) in [5.74, 6) is 5.80. The van der Waals surface area contributed by atoms with Crippen molar-refractivity contribution >= 4 is 0 Å². The number of nitrogens with zero attached hydrogens (tertiary/aromatic N) is 1. The lowest BCUT2D eigenvalue weighted by Crippen LogP contribution is -2.41. The molecule has 0 aromatic carbocycles. The van der Waals surface area contributed by atoms with Crippen molar-refractivity contribution in [1.29, 1.82) is 0 Å². The zero-order chi connectivity index (χ0) is 9.54. The van der Waals surface area contributed by atoms with Crippen molar-refractivity contribution in [1.82, 2.24) is 10.3 Å². The van der Waals surface area contributed by atoms with Gasteiger partial charge in [-0.15, -0.1) is 0 Å². The van der Waals surface area contributed by atoms with Gasteiger partial charge in [-0.2, -0.15) is 0 Å². The molecule has 0 radical (unpaired) electrons. The summed E-state index contributed by atoms with van der Waals surface area (Å²) in [6, 6.07) is 0.476. The molecular weight excluding hydrogens is 178 g/mol. The maximum Gasteiger partial charge on any atom is 0.133 e. The van der Waals surface area contributed by atoms with E-state index < -0.39 is 0 Å². The van der Waals surface area contributed by atoms with E-state index in [4.69, 9.17) is 10.6 Å². The minimum absolute atomic E-state index is 0.202. The van der Waals surface area contributed by atoms with Crippen LogP contribution >= 0.6 is 0 Å². The van der Waals surface area contributed by atoms with E-state index in [0.29, 0.717) is 12.8 Å². The van der Waals surface area contributed by atoms with Crippen LogP contribution in [-0.2, 0) is 4.74 Å². The summed E-state index contributed by atoms with van der Waals surface area (Å²) < 4.78 is 5.58. The lowest BCUT2D eigenvalue weighted by atomic mass is 9.89. The summed E-state index contributed by atoms with van der Waals surface area (Å²) >= 11 is 0. The maximum atomic E-state index is 5.80. The summed E-state index contributed by atoms with van der Waals surface area (Å²) in [5, 5.41) is 5.20. The minimum Gasteiger partial charge on any atom is -0.350 e. The fourth-order valence-corrected chi connectivity index (χ4v) is 2.40. The zero-order valence-electron chi connectivity index (χ0n) is 8.07. The van der Waals surface area contributed by atoms with Crippen molar-refractivity contribution in [2.24, 2.45) is 5.84 Å². The lowest BCUT2D eigenvalue weighted by molar-refractivity contribution is 0.0811. The number of hydrogen-bond acceptors (Lipinski definition) is 4. The molecule has 1 fully saturated rings. The van der Waals surface area contributed by atoms with Crippen LogP contribution in [0.15, 0.2) is 23.4 Å². The number of nitrogens with two attached hydrogens (primary N) is 1. The Morgan fingerprint density at radius 3 is 3.43 bits per heavy atom. The quantitative estimate of drug-likeness (QED) is 0.535. The molecule has 2 atom stereocenters. The molecule has 14 heavy (non-hydrogen) atoms. The van der Waals surface area contributed by atoms with E-state index in [0.717, 1.165) is 25.1 Å². The van der Waals surface area contributed by atoms with Crippen LogP contribution in [0.2, 0.25) is 0 Å². The third kappa shape index (κ3) is 1.19. The summed E-state index contributed by atoms with van der Waals surface area (Å²) in [6.45, 7) is 1.60. The lowest BCUT2D eigenvalue weighted by Gasteiger charge is -2.31. The molecular formula is C10H15N3O. The molecule has 0 bridgehead atoms. The molecule has 76 valence electrons. The van der Waals surface area contributed by atoms with Crippen molar-refractivity contribution in [3.8, 4) is 0 Å². The Balaban J connectivity index is 1.95. The van der Waals surface area contributed by atoms with Gasteiger partial charge in [-0.1, -0.05) is 6.08 Å². The van der Waals surface area contributed by atoms with Crippen LogP contribution in [0.4, 0.5) is 0 Å². The van der Waals surface area contributed by atoms with Gasteiger partial charge in [-0.3, -0.25) is 5.01 Å². The number of hydrogen-bond donors (Lipinski definition) is 2. The van der Waals surface area contributed by atoms with E-state index in [2.05, 4.69) is 17.5 Å². The van der Waals surface area contributed by atoms with Crippen molar-refractivity contribution in [2.75, 3.05) is 13.3 Å². The number of fused-ring (bicyclic) bond motifs is 2. The molecule has 1 saturated heterocycles. The Bertz CT molecular complexity index is 310. The number of nitrogens with one attached hydrogen (secondary N) is 1. The van der Waals surface area contributed by atoms with Crippen LogP contribution < -0.4 is 11.2 Å². The summed E-state index contributed by atoms with van der Waals surface area (Å²) in [6.07, 6.45) is 6.82. The molecule has 0 spiro atoms. The average molecular weight is 193 g/mol. The Morgan fingerprint density at radius 2 is 2.50 bits per heavy atom. The van der Waals surface area contributed by atoms with E-state index in [1.807, 2.05) is 0 Å². The first-order chi connectivity index (χ1) is 6.84. The summed E-state index contributed by atoms with van der Waals surface area (Å²) in [7, 11) is 0. The highest BCUT2D eigenvalue weighted by Crippen LogP contribution is 2.31. The molecule has 1 aliphatic carbocycles.